The number of benzene rings is 1. The van der Waals surface area contributed by atoms with E-state index in [1.165, 1.54) is 0 Å². The monoisotopic (exact) mass is 152 g/mol. The Morgan fingerprint density at radius 3 is 2.55 bits per heavy atom. The molecular weight excluding hydrogens is 140 g/mol. The molecule has 0 aromatic heterocycles. The molecule has 1 rings (SSSR count). The summed E-state index contributed by atoms with van der Waals surface area (Å²) in [5, 5.41) is 0. The Hall–Kier alpha value is -1.06. The van der Waals surface area contributed by atoms with Gasteiger partial charge in [-0.3, -0.25) is 10.3 Å². The molecule has 1 unspecified atom stereocenters. The van der Waals surface area contributed by atoms with Crippen LogP contribution in [0.3, 0.4) is 0 Å². The summed E-state index contributed by atoms with van der Waals surface area (Å²) in [7, 11) is 0. The van der Waals surface area contributed by atoms with Gasteiger partial charge in [-0.1, -0.05) is 18.2 Å². The molecule has 0 spiro atoms. The summed E-state index contributed by atoms with van der Waals surface area (Å²) in [4.78, 5) is 4.96. The molecule has 0 bridgehead atoms. The Balaban J connectivity index is 2.39. The summed E-state index contributed by atoms with van der Waals surface area (Å²) in [6, 6.07) is 9.60. The fourth-order valence-corrected chi connectivity index (χ4v) is 0.667. The molecule has 3 N–H and O–H groups in total. The highest BCUT2D eigenvalue weighted by atomic mass is 16.7. The number of hydrogen-bond acceptors (Lipinski definition) is 3. The molecule has 0 amide bonds. The summed E-state index contributed by atoms with van der Waals surface area (Å²) in [5.74, 6) is 0. The van der Waals surface area contributed by atoms with Crippen molar-refractivity contribution in [3.63, 3.8) is 0 Å². The van der Waals surface area contributed by atoms with Crippen molar-refractivity contribution in [3.8, 4) is 0 Å². The molecule has 0 aliphatic rings. The molecule has 1 aromatic carbocycles. The summed E-state index contributed by atoms with van der Waals surface area (Å²) >= 11 is 0. The molecule has 60 valence electrons. The largest absolute Gasteiger partial charge is 0.304 e. The van der Waals surface area contributed by atoms with E-state index in [1.807, 2.05) is 30.3 Å². The first kappa shape index (κ1) is 8.04. The van der Waals surface area contributed by atoms with Crippen molar-refractivity contribution >= 4 is 5.69 Å². The van der Waals surface area contributed by atoms with Gasteiger partial charge in [-0.05, 0) is 19.1 Å². The van der Waals surface area contributed by atoms with Crippen LogP contribution in [0.5, 0.6) is 0 Å². The van der Waals surface area contributed by atoms with Gasteiger partial charge in [0.05, 0.1) is 5.69 Å². The number of nitrogens with one attached hydrogen (secondary N) is 1. The third-order valence-corrected chi connectivity index (χ3v) is 1.14. The van der Waals surface area contributed by atoms with E-state index >= 15 is 0 Å². The minimum atomic E-state index is -0.296. The summed E-state index contributed by atoms with van der Waals surface area (Å²) in [6.07, 6.45) is -0.296. The van der Waals surface area contributed by atoms with Crippen LogP contribution in [0.25, 0.3) is 0 Å². The van der Waals surface area contributed by atoms with Crippen LogP contribution < -0.4 is 11.2 Å². The van der Waals surface area contributed by atoms with Crippen molar-refractivity contribution in [2.45, 2.75) is 13.2 Å². The maximum atomic E-state index is 5.36. The van der Waals surface area contributed by atoms with Crippen LogP contribution in [-0.2, 0) is 4.84 Å². The molecule has 3 heteroatoms. The zero-order valence-electron chi connectivity index (χ0n) is 6.45. The van der Waals surface area contributed by atoms with Crippen LogP contribution in [0, 0.1) is 0 Å². The van der Waals surface area contributed by atoms with Gasteiger partial charge >= 0.3 is 0 Å². The molecule has 11 heavy (non-hydrogen) atoms. The second kappa shape index (κ2) is 3.95. The predicted molar refractivity (Wildman–Crippen MR) is 44.8 cm³/mol. The normalized spacial score (nSPS) is 12.5. The van der Waals surface area contributed by atoms with Crippen LogP contribution in [-0.4, -0.2) is 6.23 Å². The zero-order valence-corrected chi connectivity index (χ0v) is 6.45. The number of para-hydroxylation sites is 1. The molecule has 0 saturated carbocycles. The smallest absolute Gasteiger partial charge is 0.130 e. The van der Waals surface area contributed by atoms with E-state index < -0.39 is 0 Å². The lowest BCUT2D eigenvalue weighted by atomic mass is 10.3. The number of rotatable bonds is 3. The van der Waals surface area contributed by atoms with E-state index in [0.717, 1.165) is 5.69 Å². The Kier molecular flexibility index (Phi) is 2.89. The lowest BCUT2D eigenvalue weighted by Crippen LogP contribution is -2.22. The first-order valence-electron chi connectivity index (χ1n) is 3.51. The number of anilines is 1. The average molecular weight is 152 g/mol. The lowest BCUT2D eigenvalue weighted by molar-refractivity contribution is 0.121. The fourth-order valence-electron chi connectivity index (χ4n) is 0.667. The third kappa shape index (κ3) is 3.02. The van der Waals surface area contributed by atoms with Gasteiger partial charge in [-0.15, -0.1) is 0 Å². The Bertz CT molecular complexity index is 199. The minimum Gasteiger partial charge on any atom is -0.304 e. The first-order valence-corrected chi connectivity index (χ1v) is 3.51. The van der Waals surface area contributed by atoms with Gasteiger partial charge < -0.3 is 5.73 Å². The van der Waals surface area contributed by atoms with Crippen LogP contribution in [0.4, 0.5) is 5.69 Å². The van der Waals surface area contributed by atoms with Gasteiger partial charge in [-0.25, -0.2) is 0 Å². The van der Waals surface area contributed by atoms with E-state index in [2.05, 4.69) is 5.48 Å². The molecular formula is C8H12N2O. The molecule has 0 saturated heterocycles. The van der Waals surface area contributed by atoms with Gasteiger partial charge in [0.25, 0.3) is 0 Å². The van der Waals surface area contributed by atoms with Crippen LogP contribution in [0.1, 0.15) is 6.92 Å². The maximum absolute atomic E-state index is 5.36. The second-order valence-electron chi connectivity index (χ2n) is 2.29. The standard InChI is InChI=1S/C8H12N2O/c1-7(9)11-10-8-5-3-2-4-6-8/h2-7,10H,9H2,1H3. The topological polar surface area (TPSA) is 47.3 Å². The van der Waals surface area contributed by atoms with Crippen molar-refractivity contribution in [2.24, 2.45) is 5.73 Å². The van der Waals surface area contributed by atoms with Crippen molar-refractivity contribution in [1.29, 1.82) is 0 Å². The molecule has 0 aliphatic carbocycles. The Labute approximate surface area is 66.1 Å². The van der Waals surface area contributed by atoms with Crippen molar-refractivity contribution < 1.29 is 4.84 Å². The maximum Gasteiger partial charge on any atom is 0.130 e. The van der Waals surface area contributed by atoms with E-state index in [1.54, 1.807) is 6.92 Å². The molecule has 0 aliphatic heterocycles. The third-order valence-electron chi connectivity index (χ3n) is 1.14. The van der Waals surface area contributed by atoms with Gasteiger partial charge in [0.2, 0.25) is 0 Å². The minimum absolute atomic E-state index is 0.296. The second-order valence-corrected chi connectivity index (χ2v) is 2.29. The summed E-state index contributed by atoms with van der Waals surface area (Å²) < 4.78 is 0. The van der Waals surface area contributed by atoms with Gasteiger partial charge in [0.1, 0.15) is 6.23 Å². The highest BCUT2D eigenvalue weighted by molar-refractivity contribution is 5.39. The van der Waals surface area contributed by atoms with Gasteiger partial charge in [0.15, 0.2) is 0 Å². The van der Waals surface area contributed by atoms with E-state index in [4.69, 9.17) is 10.6 Å². The van der Waals surface area contributed by atoms with E-state index in [9.17, 15) is 0 Å². The molecule has 3 nitrogen and oxygen atoms in total. The van der Waals surface area contributed by atoms with Crippen molar-refractivity contribution in [1.82, 2.24) is 0 Å². The van der Waals surface area contributed by atoms with Crippen LogP contribution in [0.2, 0.25) is 0 Å². The Morgan fingerprint density at radius 2 is 2.00 bits per heavy atom. The lowest BCUT2D eigenvalue weighted by Gasteiger charge is -2.08. The highest BCUT2D eigenvalue weighted by Gasteiger charge is 1.91. The highest BCUT2D eigenvalue weighted by Crippen LogP contribution is 2.04. The van der Waals surface area contributed by atoms with Crippen molar-refractivity contribution in [3.05, 3.63) is 30.3 Å². The average Bonchev–Trinajstić information content (AvgIpc) is 2.03. The first-order chi connectivity index (χ1) is 5.29. The van der Waals surface area contributed by atoms with Crippen LogP contribution in [0.15, 0.2) is 30.3 Å². The quantitative estimate of drug-likeness (QED) is 0.507. The Morgan fingerprint density at radius 1 is 1.36 bits per heavy atom. The van der Waals surface area contributed by atoms with Gasteiger partial charge in [-0.2, -0.15) is 0 Å². The van der Waals surface area contributed by atoms with E-state index in [0.29, 0.717) is 0 Å². The molecule has 0 radical (unpaired) electrons. The fraction of sp³-hybridized carbons (Fsp3) is 0.250. The van der Waals surface area contributed by atoms with Crippen LogP contribution >= 0.6 is 0 Å². The molecule has 1 atom stereocenters. The van der Waals surface area contributed by atoms with E-state index in [-0.39, 0.29) is 6.23 Å². The number of hydrogen-bond donors (Lipinski definition) is 2. The van der Waals surface area contributed by atoms with Gasteiger partial charge in [0, 0.05) is 0 Å². The molecule has 1 aromatic rings. The summed E-state index contributed by atoms with van der Waals surface area (Å²) in [5.41, 5.74) is 8.98. The number of nitrogens with two attached hydrogens (primary N) is 1. The van der Waals surface area contributed by atoms with Crippen molar-refractivity contribution in [2.75, 3.05) is 5.48 Å². The summed E-state index contributed by atoms with van der Waals surface area (Å²) in [6.45, 7) is 1.76. The molecule has 0 heterocycles. The SMILES string of the molecule is CC(N)ONc1ccccc1. The molecule has 0 fully saturated rings. The predicted octanol–water partition coefficient (Wildman–Crippen LogP) is 1.33. The zero-order chi connectivity index (χ0) is 8.10.